The molecule has 0 spiro atoms. The van der Waals surface area contributed by atoms with E-state index < -0.39 is 0 Å². The SMILES string of the molecule is O=C(c1nnn(-c2ccccc2Cl)c1-c1ccccn1)N1CCc2ccccc21. The van der Waals surface area contributed by atoms with Crippen LogP contribution in [0.25, 0.3) is 17.1 Å². The number of halogens is 1. The van der Waals surface area contributed by atoms with E-state index in [1.165, 1.54) is 0 Å². The van der Waals surface area contributed by atoms with Crippen molar-refractivity contribution in [3.63, 3.8) is 0 Å². The molecule has 142 valence electrons. The number of nitrogens with zero attached hydrogens (tertiary/aromatic N) is 5. The number of benzene rings is 2. The van der Waals surface area contributed by atoms with E-state index >= 15 is 0 Å². The first-order chi connectivity index (χ1) is 14.2. The van der Waals surface area contributed by atoms with Crippen LogP contribution in [-0.4, -0.2) is 32.4 Å². The maximum atomic E-state index is 13.5. The molecule has 7 heteroatoms. The molecule has 0 fully saturated rings. The number of carbonyl (C=O) groups is 1. The van der Waals surface area contributed by atoms with Crippen molar-refractivity contribution in [3.8, 4) is 17.1 Å². The Balaban J connectivity index is 1.67. The molecule has 6 nitrogen and oxygen atoms in total. The van der Waals surface area contributed by atoms with Gasteiger partial charge >= 0.3 is 0 Å². The van der Waals surface area contributed by atoms with E-state index in [9.17, 15) is 4.79 Å². The minimum absolute atomic E-state index is 0.200. The van der Waals surface area contributed by atoms with Crippen molar-refractivity contribution in [1.82, 2.24) is 20.0 Å². The van der Waals surface area contributed by atoms with Crippen molar-refractivity contribution < 1.29 is 4.79 Å². The van der Waals surface area contributed by atoms with Crippen LogP contribution in [0.5, 0.6) is 0 Å². The zero-order chi connectivity index (χ0) is 19.8. The third-order valence-corrected chi connectivity index (χ3v) is 5.31. The third-order valence-electron chi connectivity index (χ3n) is 4.99. The molecular formula is C22H16ClN5O. The molecule has 2 aromatic carbocycles. The van der Waals surface area contributed by atoms with Crippen molar-refractivity contribution in [1.29, 1.82) is 0 Å². The fraction of sp³-hybridized carbons (Fsp3) is 0.0909. The second kappa shape index (κ2) is 7.14. The van der Waals surface area contributed by atoms with Gasteiger partial charge in [0.05, 0.1) is 16.4 Å². The molecule has 0 unspecified atom stereocenters. The Labute approximate surface area is 172 Å². The summed E-state index contributed by atoms with van der Waals surface area (Å²) >= 11 is 6.40. The van der Waals surface area contributed by atoms with Crippen molar-refractivity contribution in [3.05, 3.63) is 89.2 Å². The Kier molecular flexibility index (Phi) is 4.33. The predicted molar refractivity (Wildman–Crippen MR) is 111 cm³/mol. The summed E-state index contributed by atoms with van der Waals surface area (Å²) in [7, 11) is 0. The van der Waals surface area contributed by atoms with E-state index in [4.69, 9.17) is 11.6 Å². The average Bonchev–Trinajstić information content (AvgIpc) is 3.39. The number of anilines is 1. The van der Waals surface area contributed by atoms with E-state index in [2.05, 4.69) is 15.3 Å². The highest BCUT2D eigenvalue weighted by Crippen LogP contribution is 2.32. The molecule has 0 radical (unpaired) electrons. The van der Waals surface area contributed by atoms with Gasteiger partial charge in [0.25, 0.3) is 5.91 Å². The van der Waals surface area contributed by atoms with Crippen LogP contribution in [0.1, 0.15) is 16.1 Å². The Morgan fingerprint density at radius 1 is 0.931 bits per heavy atom. The molecule has 0 aliphatic carbocycles. The molecule has 0 saturated carbocycles. The lowest BCUT2D eigenvalue weighted by Crippen LogP contribution is -2.29. The molecule has 0 atom stereocenters. The van der Waals surface area contributed by atoms with Crippen LogP contribution < -0.4 is 4.90 Å². The maximum Gasteiger partial charge on any atom is 0.281 e. The van der Waals surface area contributed by atoms with Gasteiger partial charge in [-0.3, -0.25) is 9.78 Å². The highest BCUT2D eigenvalue weighted by atomic mass is 35.5. The first-order valence-electron chi connectivity index (χ1n) is 9.26. The average molecular weight is 402 g/mol. The summed E-state index contributed by atoms with van der Waals surface area (Å²) in [5.41, 5.74) is 4.08. The van der Waals surface area contributed by atoms with Gasteiger partial charge in [-0.05, 0) is 42.3 Å². The Bertz CT molecular complexity index is 1200. The number of aromatic nitrogens is 4. The smallest absolute Gasteiger partial charge is 0.281 e. The summed E-state index contributed by atoms with van der Waals surface area (Å²) in [5.74, 6) is -0.200. The number of hydrogen-bond acceptors (Lipinski definition) is 4. The highest BCUT2D eigenvalue weighted by molar-refractivity contribution is 6.32. The topological polar surface area (TPSA) is 63.9 Å². The van der Waals surface area contributed by atoms with Gasteiger partial charge in [0, 0.05) is 18.4 Å². The van der Waals surface area contributed by atoms with E-state index in [0.29, 0.717) is 28.6 Å². The minimum Gasteiger partial charge on any atom is -0.306 e. The van der Waals surface area contributed by atoms with E-state index in [0.717, 1.165) is 17.7 Å². The summed E-state index contributed by atoms with van der Waals surface area (Å²) in [4.78, 5) is 19.7. The number of para-hydroxylation sites is 2. The van der Waals surface area contributed by atoms with Gasteiger partial charge in [0.1, 0.15) is 5.69 Å². The second-order valence-corrected chi connectivity index (χ2v) is 7.11. The number of hydrogen-bond donors (Lipinski definition) is 0. The molecule has 5 rings (SSSR count). The van der Waals surface area contributed by atoms with Crippen LogP contribution in [0.4, 0.5) is 5.69 Å². The van der Waals surface area contributed by atoms with Crippen LogP contribution in [0.15, 0.2) is 72.9 Å². The van der Waals surface area contributed by atoms with Gasteiger partial charge in [0.15, 0.2) is 5.69 Å². The Hall–Kier alpha value is -3.51. The number of carbonyl (C=O) groups excluding carboxylic acids is 1. The standard InChI is InChI=1S/C22H16ClN5O/c23-16-8-2-4-11-19(16)28-21(17-9-5-6-13-24-17)20(25-26-28)22(29)27-14-12-15-7-1-3-10-18(15)27/h1-11,13H,12,14H2. The first-order valence-corrected chi connectivity index (χ1v) is 9.63. The molecule has 2 aromatic heterocycles. The monoisotopic (exact) mass is 401 g/mol. The third kappa shape index (κ3) is 2.98. The van der Waals surface area contributed by atoms with Crippen LogP contribution in [0.2, 0.25) is 5.02 Å². The Morgan fingerprint density at radius 2 is 1.69 bits per heavy atom. The van der Waals surface area contributed by atoms with Crippen molar-refractivity contribution >= 4 is 23.2 Å². The molecule has 0 N–H and O–H groups in total. The van der Waals surface area contributed by atoms with Gasteiger partial charge in [-0.15, -0.1) is 5.10 Å². The molecule has 29 heavy (non-hydrogen) atoms. The van der Waals surface area contributed by atoms with Crippen LogP contribution in [0, 0.1) is 0 Å². The van der Waals surface area contributed by atoms with E-state index in [1.807, 2.05) is 60.7 Å². The fourth-order valence-electron chi connectivity index (χ4n) is 3.63. The largest absolute Gasteiger partial charge is 0.306 e. The Morgan fingerprint density at radius 3 is 2.48 bits per heavy atom. The van der Waals surface area contributed by atoms with Gasteiger partial charge < -0.3 is 4.90 Å². The minimum atomic E-state index is -0.200. The van der Waals surface area contributed by atoms with Crippen LogP contribution in [0.3, 0.4) is 0 Å². The normalized spacial score (nSPS) is 12.8. The molecule has 1 aliphatic heterocycles. The zero-order valence-corrected chi connectivity index (χ0v) is 16.1. The quantitative estimate of drug-likeness (QED) is 0.516. The molecule has 1 amide bonds. The van der Waals surface area contributed by atoms with Crippen LogP contribution >= 0.6 is 11.6 Å². The first kappa shape index (κ1) is 17.6. The lowest BCUT2D eigenvalue weighted by atomic mass is 10.1. The second-order valence-electron chi connectivity index (χ2n) is 6.70. The zero-order valence-electron chi connectivity index (χ0n) is 15.4. The number of pyridine rings is 1. The van der Waals surface area contributed by atoms with Gasteiger partial charge in [0.2, 0.25) is 0 Å². The molecule has 0 bridgehead atoms. The number of fused-ring (bicyclic) bond motifs is 1. The summed E-state index contributed by atoms with van der Waals surface area (Å²) in [6.45, 7) is 0.610. The number of rotatable bonds is 3. The lowest BCUT2D eigenvalue weighted by molar-refractivity contribution is 0.0985. The lowest BCUT2D eigenvalue weighted by Gasteiger charge is -2.17. The molecule has 4 aromatic rings. The summed E-state index contributed by atoms with van der Waals surface area (Å²) in [6.07, 6.45) is 2.50. The number of amides is 1. The van der Waals surface area contributed by atoms with E-state index in [-0.39, 0.29) is 11.6 Å². The van der Waals surface area contributed by atoms with Gasteiger partial charge in [-0.25, -0.2) is 4.68 Å². The molecule has 3 heterocycles. The predicted octanol–water partition coefficient (Wildman–Crippen LogP) is 4.19. The van der Waals surface area contributed by atoms with Gasteiger partial charge in [-0.1, -0.05) is 53.2 Å². The summed E-state index contributed by atoms with van der Waals surface area (Å²) in [6, 6.07) is 20.8. The summed E-state index contributed by atoms with van der Waals surface area (Å²) < 4.78 is 1.58. The highest BCUT2D eigenvalue weighted by Gasteiger charge is 2.31. The molecule has 0 saturated heterocycles. The van der Waals surface area contributed by atoms with Crippen LogP contribution in [-0.2, 0) is 6.42 Å². The fourth-order valence-corrected chi connectivity index (χ4v) is 3.84. The molecular weight excluding hydrogens is 386 g/mol. The molecule has 1 aliphatic rings. The van der Waals surface area contributed by atoms with Crippen molar-refractivity contribution in [2.24, 2.45) is 0 Å². The maximum absolute atomic E-state index is 13.5. The van der Waals surface area contributed by atoms with Crippen molar-refractivity contribution in [2.75, 3.05) is 11.4 Å². The summed E-state index contributed by atoms with van der Waals surface area (Å²) in [5, 5.41) is 9.03. The van der Waals surface area contributed by atoms with E-state index in [1.54, 1.807) is 21.8 Å². The van der Waals surface area contributed by atoms with Crippen molar-refractivity contribution in [2.45, 2.75) is 6.42 Å². The van der Waals surface area contributed by atoms with Gasteiger partial charge in [-0.2, -0.15) is 0 Å².